The first-order chi connectivity index (χ1) is 7.66. The number of nitrogens with one attached hydrogen (secondary N) is 1. The lowest BCUT2D eigenvalue weighted by Crippen LogP contribution is -2.45. The summed E-state index contributed by atoms with van der Waals surface area (Å²) in [5, 5.41) is 14.4. The normalized spacial score (nSPS) is 15.8. The van der Waals surface area contributed by atoms with E-state index >= 15 is 0 Å². The van der Waals surface area contributed by atoms with E-state index in [1.165, 1.54) is 6.07 Å². The lowest BCUT2D eigenvalue weighted by Gasteiger charge is -2.26. The second-order valence-electron chi connectivity index (χ2n) is 3.65. The van der Waals surface area contributed by atoms with Gasteiger partial charge >= 0.3 is 0 Å². The van der Waals surface area contributed by atoms with E-state index in [0.717, 1.165) is 0 Å². The number of ether oxygens (including phenoxy) is 1. The molecule has 0 saturated carbocycles. The molecule has 1 heterocycles. The summed E-state index contributed by atoms with van der Waals surface area (Å²) in [5.41, 5.74) is 0.696. The van der Waals surface area contributed by atoms with Gasteiger partial charge in [0.15, 0.2) is 0 Å². The van der Waals surface area contributed by atoms with Gasteiger partial charge in [0.05, 0.1) is 24.2 Å². The number of benzene rings is 1. The average Bonchev–Trinajstić information content (AvgIpc) is 2.17. The minimum Gasteiger partial charge on any atom is -0.378 e. The molecular formula is C10H11ClN2O3. The Bertz CT molecular complexity index is 407. The molecule has 0 aliphatic carbocycles. The summed E-state index contributed by atoms with van der Waals surface area (Å²) < 4.78 is 5.00. The molecule has 0 aromatic heterocycles. The largest absolute Gasteiger partial charge is 0.378 e. The summed E-state index contributed by atoms with van der Waals surface area (Å²) in [6.07, 6.45) is 0. The molecule has 16 heavy (non-hydrogen) atoms. The maximum atomic E-state index is 10.8. The van der Waals surface area contributed by atoms with Crippen LogP contribution in [0.4, 0.5) is 5.69 Å². The highest BCUT2D eigenvalue weighted by molar-refractivity contribution is 6.30. The Morgan fingerprint density at radius 3 is 2.88 bits per heavy atom. The van der Waals surface area contributed by atoms with E-state index in [4.69, 9.17) is 16.3 Å². The lowest BCUT2D eigenvalue weighted by atomic mass is 10.1. The molecular weight excluding hydrogens is 232 g/mol. The van der Waals surface area contributed by atoms with Crippen molar-refractivity contribution in [1.29, 1.82) is 0 Å². The minimum absolute atomic E-state index is 0.0558. The van der Waals surface area contributed by atoms with Gasteiger partial charge in [0.25, 0.3) is 5.69 Å². The third-order valence-corrected chi connectivity index (χ3v) is 2.70. The number of nitrogens with zero attached hydrogens (tertiary/aromatic N) is 1. The van der Waals surface area contributed by atoms with Crippen molar-refractivity contribution in [2.75, 3.05) is 13.2 Å². The molecule has 1 saturated heterocycles. The molecule has 1 N–H and O–H groups in total. The number of hydrogen-bond acceptors (Lipinski definition) is 4. The van der Waals surface area contributed by atoms with Crippen molar-refractivity contribution in [1.82, 2.24) is 5.32 Å². The summed E-state index contributed by atoms with van der Waals surface area (Å²) >= 11 is 5.72. The van der Waals surface area contributed by atoms with E-state index in [1.807, 2.05) is 0 Å². The first kappa shape index (κ1) is 11.3. The van der Waals surface area contributed by atoms with Crippen LogP contribution < -0.4 is 5.32 Å². The molecule has 1 fully saturated rings. The topological polar surface area (TPSA) is 64.4 Å². The molecule has 0 amide bonds. The molecule has 0 radical (unpaired) electrons. The first-order valence-corrected chi connectivity index (χ1v) is 5.28. The van der Waals surface area contributed by atoms with E-state index in [0.29, 0.717) is 36.4 Å². The molecule has 86 valence electrons. The second kappa shape index (κ2) is 4.78. The number of halogens is 1. The van der Waals surface area contributed by atoms with Crippen LogP contribution in [0.2, 0.25) is 5.02 Å². The fourth-order valence-electron chi connectivity index (χ4n) is 1.46. The quantitative estimate of drug-likeness (QED) is 0.645. The van der Waals surface area contributed by atoms with Crippen LogP contribution in [-0.2, 0) is 11.3 Å². The highest BCUT2D eigenvalue weighted by Gasteiger charge is 2.20. The van der Waals surface area contributed by atoms with E-state index in [9.17, 15) is 10.1 Å². The molecule has 6 heteroatoms. The van der Waals surface area contributed by atoms with Gasteiger partial charge in [-0.3, -0.25) is 10.1 Å². The van der Waals surface area contributed by atoms with Crippen molar-refractivity contribution in [3.63, 3.8) is 0 Å². The molecule has 2 rings (SSSR count). The maximum absolute atomic E-state index is 10.8. The van der Waals surface area contributed by atoms with Crippen LogP contribution in [0, 0.1) is 10.1 Å². The highest BCUT2D eigenvalue weighted by Crippen LogP contribution is 2.23. The van der Waals surface area contributed by atoms with E-state index < -0.39 is 4.92 Å². The van der Waals surface area contributed by atoms with Gasteiger partial charge in [-0.25, -0.2) is 0 Å². The average molecular weight is 243 g/mol. The molecule has 0 spiro atoms. The molecule has 0 atom stereocenters. The van der Waals surface area contributed by atoms with Crippen molar-refractivity contribution < 1.29 is 9.66 Å². The third-order valence-electron chi connectivity index (χ3n) is 2.46. The molecule has 1 aliphatic rings. The monoisotopic (exact) mass is 242 g/mol. The number of nitro groups is 1. The lowest BCUT2D eigenvalue weighted by molar-refractivity contribution is -0.385. The molecule has 0 unspecified atom stereocenters. The SMILES string of the molecule is O=[N+]([O-])c1cc(Cl)ccc1CNC1COC1. The zero-order valence-electron chi connectivity index (χ0n) is 8.48. The Morgan fingerprint density at radius 2 is 2.31 bits per heavy atom. The van der Waals surface area contributed by atoms with Crippen molar-refractivity contribution in [3.8, 4) is 0 Å². The summed E-state index contributed by atoms with van der Waals surface area (Å²) in [4.78, 5) is 10.4. The van der Waals surface area contributed by atoms with Crippen molar-refractivity contribution in [2.24, 2.45) is 0 Å². The van der Waals surface area contributed by atoms with Gasteiger partial charge in [-0.1, -0.05) is 11.6 Å². The van der Waals surface area contributed by atoms with Crippen molar-refractivity contribution >= 4 is 17.3 Å². The summed E-state index contributed by atoms with van der Waals surface area (Å²) in [5.74, 6) is 0. The van der Waals surface area contributed by atoms with Crippen LogP contribution in [0.15, 0.2) is 18.2 Å². The summed E-state index contributed by atoms with van der Waals surface area (Å²) in [6.45, 7) is 1.80. The van der Waals surface area contributed by atoms with Gasteiger partial charge in [0.1, 0.15) is 0 Å². The number of nitro benzene ring substituents is 1. The predicted octanol–water partition coefficient (Wildman–Crippen LogP) is 1.74. The van der Waals surface area contributed by atoms with Gasteiger partial charge in [0.2, 0.25) is 0 Å². The fraction of sp³-hybridized carbons (Fsp3) is 0.400. The fourth-order valence-corrected chi connectivity index (χ4v) is 1.63. The Labute approximate surface area is 97.5 Å². The van der Waals surface area contributed by atoms with Crippen molar-refractivity contribution in [3.05, 3.63) is 38.9 Å². The van der Waals surface area contributed by atoms with Crippen LogP contribution in [-0.4, -0.2) is 24.2 Å². The van der Waals surface area contributed by atoms with Gasteiger partial charge in [-0.15, -0.1) is 0 Å². The summed E-state index contributed by atoms with van der Waals surface area (Å²) in [6, 6.07) is 5.00. The Balaban J connectivity index is 2.08. The predicted molar refractivity (Wildman–Crippen MR) is 59.6 cm³/mol. The van der Waals surface area contributed by atoms with E-state index in [1.54, 1.807) is 12.1 Å². The third kappa shape index (κ3) is 2.49. The maximum Gasteiger partial charge on any atom is 0.275 e. The molecule has 1 aliphatic heterocycles. The van der Waals surface area contributed by atoms with Crippen LogP contribution in [0.1, 0.15) is 5.56 Å². The van der Waals surface area contributed by atoms with Gasteiger partial charge in [-0.2, -0.15) is 0 Å². The standard InChI is InChI=1S/C10H11ClN2O3/c11-8-2-1-7(10(3-8)13(14)15)4-12-9-5-16-6-9/h1-3,9,12H,4-6H2. The van der Waals surface area contributed by atoms with Gasteiger partial charge in [-0.05, 0) is 12.1 Å². The minimum atomic E-state index is -0.417. The van der Waals surface area contributed by atoms with E-state index in [-0.39, 0.29) is 5.69 Å². The van der Waals surface area contributed by atoms with Crippen LogP contribution in [0.3, 0.4) is 0 Å². The zero-order valence-corrected chi connectivity index (χ0v) is 9.24. The highest BCUT2D eigenvalue weighted by atomic mass is 35.5. The Morgan fingerprint density at radius 1 is 1.56 bits per heavy atom. The Hall–Kier alpha value is -1.17. The molecule has 1 aromatic rings. The Kier molecular flexibility index (Phi) is 3.38. The van der Waals surface area contributed by atoms with Crippen LogP contribution in [0.25, 0.3) is 0 Å². The molecule has 5 nitrogen and oxygen atoms in total. The number of rotatable bonds is 4. The van der Waals surface area contributed by atoms with Gasteiger partial charge in [0, 0.05) is 23.2 Å². The smallest absolute Gasteiger partial charge is 0.275 e. The molecule has 1 aromatic carbocycles. The molecule has 0 bridgehead atoms. The second-order valence-corrected chi connectivity index (χ2v) is 4.08. The summed E-state index contributed by atoms with van der Waals surface area (Å²) in [7, 11) is 0. The zero-order chi connectivity index (χ0) is 11.5. The van der Waals surface area contributed by atoms with Crippen LogP contribution >= 0.6 is 11.6 Å². The number of hydrogen-bond donors (Lipinski definition) is 1. The van der Waals surface area contributed by atoms with E-state index in [2.05, 4.69) is 5.32 Å². The van der Waals surface area contributed by atoms with Crippen LogP contribution in [0.5, 0.6) is 0 Å². The first-order valence-electron chi connectivity index (χ1n) is 4.91. The van der Waals surface area contributed by atoms with Crippen molar-refractivity contribution in [2.45, 2.75) is 12.6 Å². The van der Waals surface area contributed by atoms with Gasteiger partial charge < -0.3 is 10.1 Å².